The van der Waals surface area contributed by atoms with Crippen molar-refractivity contribution >= 4 is 34.5 Å². The number of hydrogen-bond acceptors (Lipinski definition) is 5. The minimum atomic E-state index is -0.317. The number of benzene rings is 1. The van der Waals surface area contributed by atoms with Gasteiger partial charge in [0.1, 0.15) is 24.7 Å². The lowest BCUT2D eigenvalue weighted by Crippen LogP contribution is -2.48. The first-order chi connectivity index (χ1) is 16.1. The van der Waals surface area contributed by atoms with E-state index in [1.54, 1.807) is 28.4 Å². The van der Waals surface area contributed by atoms with Crippen LogP contribution in [-0.2, 0) is 11.2 Å². The van der Waals surface area contributed by atoms with Crippen molar-refractivity contribution in [2.75, 3.05) is 26.2 Å². The van der Waals surface area contributed by atoms with Crippen LogP contribution in [0.4, 0.5) is 4.39 Å². The van der Waals surface area contributed by atoms with E-state index in [0.717, 1.165) is 24.8 Å². The molecule has 0 saturated heterocycles. The molecule has 1 unspecified atom stereocenters. The van der Waals surface area contributed by atoms with Gasteiger partial charge in [-0.05, 0) is 77.9 Å². The predicted octanol–water partition coefficient (Wildman–Crippen LogP) is 5.01. The van der Waals surface area contributed by atoms with Gasteiger partial charge < -0.3 is 14.5 Å². The molecule has 3 aromatic rings. The third kappa shape index (κ3) is 5.12. The predicted molar refractivity (Wildman–Crippen MR) is 127 cm³/mol. The Hall–Kier alpha value is -2.71. The quantitative estimate of drug-likeness (QED) is 0.452. The van der Waals surface area contributed by atoms with Crippen LogP contribution in [0.25, 0.3) is 0 Å². The van der Waals surface area contributed by atoms with Crippen molar-refractivity contribution in [1.29, 1.82) is 0 Å². The van der Waals surface area contributed by atoms with Gasteiger partial charge in [0.2, 0.25) is 5.91 Å². The molecule has 1 aromatic carbocycles. The van der Waals surface area contributed by atoms with Gasteiger partial charge in [-0.15, -0.1) is 22.7 Å². The molecule has 2 aromatic heterocycles. The lowest BCUT2D eigenvalue weighted by molar-refractivity contribution is -0.135. The second-order valence-corrected chi connectivity index (χ2v) is 10.5. The molecule has 172 valence electrons. The van der Waals surface area contributed by atoms with Gasteiger partial charge in [0, 0.05) is 18.0 Å². The summed E-state index contributed by atoms with van der Waals surface area (Å²) >= 11 is 3.10. The molecular weight excluding hydrogens is 459 g/mol. The molecule has 5 nitrogen and oxygen atoms in total. The number of fused-ring (bicyclic) bond motifs is 1. The van der Waals surface area contributed by atoms with Crippen molar-refractivity contribution in [2.24, 2.45) is 5.92 Å². The Kier molecular flexibility index (Phi) is 6.46. The zero-order chi connectivity index (χ0) is 22.8. The summed E-state index contributed by atoms with van der Waals surface area (Å²) in [6, 6.07) is 11.4. The van der Waals surface area contributed by atoms with Gasteiger partial charge in [0.05, 0.1) is 10.9 Å². The van der Waals surface area contributed by atoms with E-state index in [9.17, 15) is 14.0 Å². The van der Waals surface area contributed by atoms with Gasteiger partial charge in [-0.25, -0.2) is 4.39 Å². The van der Waals surface area contributed by atoms with Crippen LogP contribution in [0.15, 0.2) is 53.2 Å². The number of amides is 2. The van der Waals surface area contributed by atoms with E-state index in [-0.39, 0.29) is 36.8 Å². The summed E-state index contributed by atoms with van der Waals surface area (Å²) in [5.41, 5.74) is 1.10. The molecule has 1 saturated carbocycles. The topological polar surface area (TPSA) is 49.9 Å². The molecule has 0 N–H and O–H groups in total. The van der Waals surface area contributed by atoms with E-state index in [1.165, 1.54) is 28.3 Å². The molecule has 1 aliphatic carbocycles. The summed E-state index contributed by atoms with van der Waals surface area (Å²) in [7, 11) is 0. The number of ether oxygens (including phenoxy) is 1. The fourth-order valence-electron chi connectivity index (χ4n) is 4.22. The molecule has 0 spiro atoms. The monoisotopic (exact) mass is 484 g/mol. The summed E-state index contributed by atoms with van der Waals surface area (Å²) in [6.07, 6.45) is 3.02. The van der Waals surface area contributed by atoms with Crippen molar-refractivity contribution in [1.82, 2.24) is 9.80 Å². The SMILES string of the molecule is O=C(c1cccs1)N(CC(=O)N1CCc2sccc2C1COc1ccc(F)cc1)CC1CC1. The van der Waals surface area contributed by atoms with Crippen molar-refractivity contribution in [3.05, 3.63) is 74.4 Å². The summed E-state index contributed by atoms with van der Waals surface area (Å²) in [5.74, 6) is 0.601. The van der Waals surface area contributed by atoms with Crippen LogP contribution >= 0.6 is 22.7 Å². The highest BCUT2D eigenvalue weighted by Gasteiger charge is 2.35. The molecule has 3 heterocycles. The molecule has 33 heavy (non-hydrogen) atoms. The molecule has 5 rings (SSSR count). The lowest BCUT2D eigenvalue weighted by Gasteiger charge is -2.37. The number of nitrogens with zero attached hydrogens (tertiary/aromatic N) is 2. The first-order valence-electron chi connectivity index (χ1n) is 11.2. The van der Waals surface area contributed by atoms with Crippen LogP contribution in [0.2, 0.25) is 0 Å². The summed E-state index contributed by atoms with van der Waals surface area (Å²) in [4.78, 5) is 32.1. The van der Waals surface area contributed by atoms with Gasteiger partial charge in [-0.2, -0.15) is 0 Å². The molecule has 0 radical (unpaired) electrons. The second kappa shape index (κ2) is 9.65. The van der Waals surface area contributed by atoms with Crippen LogP contribution in [-0.4, -0.2) is 47.9 Å². The van der Waals surface area contributed by atoms with E-state index in [1.807, 2.05) is 27.8 Å². The third-order valence-electron chi connectivity index (χ3n) is 6.16. The van der Waals surface area contributed by atoms with Crippen molar-refractivity contribution in [2.45, 2.75) is 25.3 Å². The van der Waals surface area contributed by atoms with E-state index < -0.39 is 0 Å². The maximum absolute atomic E-state index is 13.5. The molecule has 0 bridgehead atoms. The molecular formula is C25H25FN2O3S2. The molecule has 2 amide bonds. The Morgan fingerprint density at radius 2 is 1.91 bits per heavy atom. The summed E-state index contributed by atoms with van der Waals surface area (Å²) in [6.45, 7) is 1.56. The van der Waals surface area contributed by atoms with E-state index in [4.69, 9.17) is 4.74 Å². The zero-order valence-electron chi connectivity index (χ0n) is 18.1. The van der Waals surface area contributed by atoms with Gasteiger partial charge in [-0.3, -0.25) is 9.59 Å². The summed E-state index contributed by atoms with van der Waals surface area (Å²) < 4.78 is 19.2. The normalized spacial score (nSPS) is 17.5. The molecule has 2 aliphatic rings. The largest absolute Gasteiger partial charge is 0.491 e. The van der Waals surface area contributed by atoms with E-state index >= 15 is 0 Å². The fraction of sp³-hybridized carbons (Fsp3) is 0.360. The summed E-state index contributed by atoms with van der Waals surface area (Å²) in [5, 5.41) is 3.93. The first kappa shape index (κ1) is 22.1. The van der Waals surface area contributed by atoms with Gasteiger partial charge in [-0.1, -0.05) is 6.07 Å². The Morgan fingerprint density at radius 1 is 1.09 bits per heavy atom. The minimum Gasteiger partial charge on any atom is -0.491 e. The highest BCUT2D eigenvalue weighted by atomic mass is 32.1. The van der Waals surface area contributed by atoms with Crippen molar-refractivity contribution < 1.29 is 18.7 Å². The Morgan fingerprint density at radius 3 is 2.64 bits per heavy atom. The molecule has 1 aliphatic heterocycles. The molecule has 1 atom stereocenters. The highest BCUT2D eigenvalue weighted by Crippen LogP contribution is 2.35. The Balaban J connectivity index is 1.33. The number of rotatable bonds is 8. The van der Waals surface area contributed by atoms with Gasteiger partial charge >= 0.3 is 0 Å². The standard InChI is InChI=1S/C25H25FN2O3S2/c26-18-5-7-19(8-6-18)31-16-21-20-10-13-33-22(20)9-11-28(21)24(29)15-27(14-17-3-4-17)25(30)23-2-1-12-32-23/h1-2,5-8,10,12-13,17,21H,3-4,9,11,14-16H2. The third-order valence-corrected chi connectivity index (χ3v) is 8.01. The first-order valence-corrected chi connectivity index (χ1v) is 12.9. The highest BCUT2D eigenvalue weighted by molar-refractivity contribution is 7.12. The number of carbonyl (C=O) groups is 2. The van der Waals surface area contributed by atoms with Crippen molar-refractivity contribution in [3.63, 3.8) is 0 Å². The molecule has 8 heteroatoms. The maximum atomic E-state index is 13.5. The van der Waals surface area contributed by atoms with Crippen molar-refractivity contribution in [3.8, 4) is 5.75 Å². The van der Waals surface area contributed by atoms with Gasteiger partial charge in [0.15, 0.2) is 0 Å². The Bertz CT molecular complexity index is 1110. The number of hydrogen-bond donors (Lipinski definition) is 0. The van der Waals surface area contributed by atoms with Crippen LogP contribution < -0.4 is 4.74 Å². The van der Waals surface area contributed by atoms with Crippen LogP contribution in [0.1, 0.15) is 39.0 Å². The number of carbonyl (C=O) groups excluding carboxylic acids is 2. The number of thiophene rings is 2. The Labute approximate surface area is 200 Å². The average molecular weight is 485 g/mol. The van der Waals surface area contributed by atoms with E-state index in [2.05, 4.69) is 6.07 Å². The van der Waals surface area contributed by atoms with Crippen LogP contribution in [0.5, 0.6) is 5.75 Å². The van der Waals surface area contributed by atoms with Crippen LogP contribution in [0, 0.1) is 11.7 Å². The lowest BCUT2D eigenvalue weighted by atomic mass is 10.0. The maximum Gasteiger partial charge on any atom is 0.264 e. The van der Waals surface area contributed by atoms with E-state index in [0.29, 0.717) is 29.6 Å². The van der Waals surface area contributed by atoms with Crippen LogP contribution in [0.3, 0.4) is 0 Å². The zero-order valence-corrected chi connectivity index (χ0v) is 19.7. The smallest absolute Gasteiger partial charge is 0.264 e. The van der Waals surface area contributed by atoms with Gasteiger partial charge in [0.25, 0.3) is 5.91 Å². The molecule has 1 fully saturated rings. The average Bonchev–Trinajstić information content (AvgIpc) is 3.27. The minimum absolute atomic E-state index is 0.0647. The second-order valence-electron chi connectivity index (χ2n) is 8.52. The fourth-order valence-corrected chi connectivity index (χ4v) is 5.84. The number of halogens is 1.